The zero-order chi connectivity index (χ0) is 15.3. The van der Waals surface area contributed by atoms with Gasteiger partial charge in [-0.25, -0.2) is 0 Å². The number of rotatable bonds is 6. The Balaban J connectivity index is 3.40. The van der Waals surface area contributed by atoms with E-state index in [1.54, 1.807) is 0 Å². The number of nitro benzene ring substituents is 1. The van der Waals surface area contributed by atoms with E-state index in [1.807, 2.05) is 18.7 Å². The van der Waals surface area contributed by atoms with Crippen molar-refractivity contribution < 1.29 is 14.8 Å². The summed E-state index contributed by atoms with van der Waals surface area (Å²) in [7, 11) is 1.31. The zero-order valence-electron chi connectivity index (χ0n) is 11.7. The van der Waals surface area contributed by atoms with Gasteiger partial charge in [0.1, 0.15) is 6.04 Å². The van der Waals surface area contributed by atoms with E-state index < -0.39 is 22.4 Å². The summed E-state index contributed by atoms with van der Waals surface area (Å²) in [5.74, 6) is -0.543. The summed E-state index contributed by atoms with van der Waals surface area (Å²) in [4.78, 5) is 12.1. The van der Waals surface area contributed by atoms with Crippen molar-refractivity contribution in [1.82, 2.24) is 4.90 Å². The summed E-state index contributed by atoms with van der Waals surface area (Å²) in [6.07, 6.45) is 0. The summed E-state index contributed by atoms with van der Waals surface area (Å²) < 4.78 is 4.94. The summed E-state index contributed by atoms with van der Waals surface area (Å²) in [5, 5.41) is 30.0. The van der Waals surface area contributed by atoms with Crippen molar-refractivity contribution in [2.24, 2.45) is 0 Å². The minimum Gasteiger partial charge on any atom is -0.500 e. The highest BCUT2D eigenvalue weighted by Crippen LogP contribution is 2.39. The van der Waals surface area contributed by atoms with Crippen LogP contribution in [0.1, 0.15) is 25.5 Å². The van der Waals surface area contributed by atoms with Crippen molar-refractivity contribution in [3.63, 3.8) is 0 Å². The van der Waals surface area contributed by atoms with Crippen molar-refractivity contribution in [2.45, 2.75) is 19.9 Å². The molecule has 0 aromatic heterocycles. The fraction of sp³-hybridized carbons (Fsp3) is 0.462. The first-order chi connectivity index (χ1) is 9.49. The second-order valence-corrected chi connectivity index (χ2v) is 4.10. The maximum atomic E-state index is 11.0. The lowest BCUT2D eigenvalue weighted by Gasteiger charge is -2.24. The van der Waals surface area contributed by atoms with E-state index >= 15 is 0 Å². The fourth-order valence-corrected chi connectivity index (χ4v) is 2.02. The van der Waals surface area contributed by atoms with Crippen molar-refractivity contribution in [3.05, 3.63) is 27.8 Å². The van der Waals surface area contributed by atoms with Gasteiger partial charge in [-0.05, 0) is 24.7 Å². The minimum absolute atomic E-state index is 0.0124. The molecule has 108 valence electrons. The monoisotopic (exact) mass is 279 g/mol. The Labute approximate surface area is 117 Å². The molecule has 20 heavy (non-hydrogen) atoms. The molecule has 0 spiro atoms. The average Bonchev–Trinajstić information content (AvgIpc) is 2.44. The SMILES string of the molecule is CCN(CC)C(C#N)c1cc(OC)c(O)c([N+](=O)[O-])c1. The molecule has 0 fully saturated rings. The smallest absolute Gasteiger partial charge is 0.315 e. The van der Waals surface area contributed by atoms with Crippen LogP contribution in [0.5, 0.6) is 11.5 Å². The first-order valence-corrected chi connectivity index (χ1v) is 6.19. The molecule has 0 aliphatic heterocycles. The van der Waals surface area contributed by atoms with E-state index in [-0.39, 0.29) is 5.75 Å². The topological polar surface area (TPSA) is 99.6 Å². The number of methoxy groups -OCH3 is 1. The molecule has 0 aliphatic rings. The van der Waals surface area contributed by atoms with Crippen molar-refractivity contribution in [3.8, 4) is 17.6 Å². The van der Waals surface area contributed by atoms with Crippen molar-refractivity contribution in [2.75, 3.05) is 20.2 Å². The number of nitrogens with zero attached hydrogens (tertiary/aromatic N) is 3. The molecule has 0 bridgehead atoms. The summed E-state index contributed by atoms with van der Waals surface area (Å²) in [6, 6.07) is 4.16. The third kappa shape index (κ3) is 2.97. The minimum atomic E-state index is -0.696. The van der Waals surface area contributed by atoms with E-state index in [0.29, 0.717) is 18.7 Å². The molecule has 1 unspecified atom stereocenters. The number of hydrogen-bond donors (Lipinski definition) is 1. The van der Waals surface area contributed by atoms with Gasteiger partial charge in [0.05, 0.1) is 18.1 Å². The number of nitriles is 1. The summed E-state index contributed by atoms with van der Waals surface area (Å²) in [6.45, 7) is 5.07. The number of aromatic hydroxyl groups is 1. The van der Waals surface area contributed by atoms with Crippen LogP contribution in [-0.4, -0.2) is 35.1 Å². The predicted octanol–water partition coefficient (Wildman–Crippen LogP) is 2.22. The maximum absolute atomic E-state index is 11.0. The molecule has 7 heteroatoms. The Morgan fingerprint density at radius 1 is 1.50 bits per heavy atom. The van der Waals surface area contributed by atoms with Crippen LogP contribution in [-0.2, 0) is 0 Å². The largest absolute Gasteiger partial charge is 0.500 e. The number of nitro groups is 1. The van der Waals surface area contributed by atoms with Gasteiger partial charge in [0.2, 0.25) is 5.75 Å². The second kappa shape index (κ2) is 6.73. The van der Waals surface area contributed by atoms with Gasteiger partial charge in [0, 0.05) is 6.07 Å². The molecular formula is C13H17N3O4. The van der Waals surface area contributed by atoms with Crippen LogP contribution in [0.25, 0.3) is 0 Å². The maximum Gasteiger partial charge on any atom is 0.315 e. The Bertz CT molecular complexity index is 535. The van der Waals surface area contributed by atoms with E-state index in [9.17, 15) is 20.5 Å². The number of phenolic OH excluding ortho intramolecular Hbond substituents is 1. The van der Waals surface area contributed by atoms with Crippen LogP contribution in [0.15, 0.2) is 12.1 Å². The van der Waals surface area contributed by atoms with Gasteiger partial charge in [-0.1, -0.05) is 13.8 Å². The summed E-state index contributed by atoms with van der Waals surface area (Å²) in [5.41, 5.74) is -0.0377. The number of hydrogen-bond acceptors (Lipinski definition) is 6. The standard InChI is InChI=1S/C13H17N3O4/c1-4-15(5-2)11(8-14)9-6-10(16(18)19)13(17)12(7-9)20-3/h6-7,11,17H,4-5H2,1-3H3. The molecule has 0 saturated carbocycles. The molecule has 0 amide bonds. The molecular weight excluding hydrogens is 262 g/mol. The van der Waals surface area contributed by atoms with E-state index in [0.717, 1.165) is 0 Å². The first-order valence-electron chi connectivity index (χ1n) is 6.19. The van der Waals surface area contributed by atoms with Crippen molar-refractivity contribution >= 4 is 5.69 Å². The van der Waals surface area contributed by atoms with Crippen LogP contribution in [0, 0.1) is 21.4 Å². The van der Waals surface area contributed by atoms with Gasteiger partial charge in [0.15, 0.2) is 5.75 Å². The van der Waals surface area contributed by atoms with Crippen LogP contribution in [0.3, 0.4) is 0 Å². The summed E-state index contributed by atoms with van der Waals surface area (Å²) >= 11 is 0. The lowest BCUT2D eigenvalue weighted by molar-refractivity contribution is -0.386. The van der Waals surface area contributed by atoms with Gasteiger partial charge < -0.3 is 9.84 Å². The first kappa shape index (κ1) is 15.7. The molecule has 1 aromatic carbocycles. The second-order valence-electron chi connectivity index (χ2n) is 4.10. The highest BCUT2D eigenvalue weighted by atomic mass is 16.6. The lowest BCUT2D eigenvalue weighted by atomic mass is 10.0. The molecule has 0 radical (unpaired) electrons. The molecule has 7 nitrogen and oxygen atoms in total. The Morgan fingerprint density at radius 2 is 2.10 bits per heavy atom. The molecule has 1 aromatic rings. The molecule has 1 atom stereocenters. The van der Waals surface area contributed by atoms with Gasteiger partial charge >= 0.3 is 5.69 Å². The Kier molecular flexibility index (Phi) is 5.29. The van der Waals surface area contributed by atoms with Crippen LogP contribution in [0.4, 0.5) is 5.69 Å². The van der Waals surface area contributed by atoms with Gasteiger partial charge in [-0.3, -0.25) is 15.0 Å². The zero-order valence-corrected chi connectivity index (χ0v) is 11.7. The third-order valence-electron chi connectivity index (χ3n) is 3.11. The predicted molar refractivity (Wildman–Crippen MR) is 72.6 cm³/mol. The average molecular weight is 279 g/mol. The van der Waals surface area contributed by atoms with E-state index in [4.69, 9.17) is 4.74 Å². The number of benzene rings is 1. The van der Waals surface area contributed by atoms with Gasteiger partial charge in [-0.15, -0.1) is 0 Å². The van der Waals surface area contributed by atoms with Gasteiger partial charge in [0.25, 0.3) is 0 Å². The van der Waals surface area contributed by atoms with Crippen molar-refractivity contribution in [1.29, 1.82) is 5.26 Å². The normalized spacial score (nSPS) is 11.9. The van der Waals surface area contributed by atoms with Crippen LogP contribution in [0.2, 0.25) is 0 Å². The van der Waals surface area contributed by atoms with Crippen LogP contribution >= 0.6 is 0 Å². The Morgan fingerprint density at radius 3 is 2.50 bits per heavy atom. The molecule has 1 rings (SSSR count). The molecule has 0 aliphatic carbocycles. The highest BCUT2D eigenvalue weighted by molar-refractivity contribution is 5.58. The highest BCUT2D eigenvalue weighted by Gasteiger charge is 2.25. The van der Waals surface area contributed by atoms with Crippen LogP contribution < -0.4 is 4.74 Å². The lowest BCUT2D eigenvalue weighted by Crippen LogP contribution is -2.27. The van der Waals surface area contributed by atoms with Gasteiger partial charge in [-0.2, -0.15) is 5.26 Å². The quantitative estimate of drug-likeness (QED) is 0.633. The molecule has 0 heterocycles. The molecule has 1 N–H and O–H groups in total. The number of phenols is 1. The molecule has 0 saturated heterocycles. The third-order valence-corrected chi connectivity index (χ3v) is 3.11. The van der Waals surface area contributed by atoms with E-state index in [2.05, 4.69) is 6.07 Å². The fourth-order valence-electron chi connectivity index (χ4n) is 2.02. The number of ether oxygens (including phenoxy) is 1. The van der Waals surface area contributed by atoms with E-state index in [1.165, 1.54) is 19.2 Å². The Hall–Kier alpha value is -2.33.